The van der Waals surface area contributed by atoms with Crippen LogP contribution in [0.1, 0.15) is 5.56 Å². The van der Waals surface area contributed by atoms with Gasteiger partial charge in [0.25, 0.3) is 5.89 Å². The second-order valence-electron chi connectivity index (χ2n) is 6.62. The van der Waals surface area contributed by atoms with Crippen LogP contribution in [0, 0.1) is 12.7 Å². The Bertz CT molecular complexity index is 1240. The fraction of sp³-hybridized carbons (Fsp3) is 0.150. The molecule has 0 fully saturated rings. The third-order valence-corrected chi connectivity index (χ3v) is 5.61. The summed E-state index contributed by atoms with van der Waals surface area (Å²) in [4.78, 5) is 16.6. The lowest BCUT2D eigenvalue weighted by atomic mass is 10.1. The van der Waals surface area contributed by atoms with Gasteiger partial charge in [0.1, 0.15) is 5.82 Å². The van der Waals surface area contributed by atoms with Crippen LogP contribution in [0.15, 0.2) is 52.1 Å². The highest BCUT2D eigenvalue weighted by Gasteiger charge is 2.19. The Balaban J connectivity index is 1.42. The zero-order valence-corrected chi connectivity index (χ0v) is 18.0. The first-order valence-electron chi connectivity index (χ1n) is 9.09. The number of amides is 1. The quantitative estimate of drug-likeness (QED) is 0.428. The molecule has 0 saturated carbocycles. The molecule has 1 N–H and O–H groups in total. The van der Waals surface area contributed by atoms with E-state index in [0.29, 0.717) is 22.5 Å². The minimum atomic E-state index is -0.549. The average molecular weight is 459 g/mol. The topological polar surface area (TPSA) is 98.7 Å². The first-order chi connectivity index (χ1) is 14.9. The first-order valence-corrected chi connectivity index (χ1v) is 10.5. The largest absolute Gasteiger partial charge is 0.330 e. The van der Waals surface area contributed by atoms with E-state index in [1.165, 1.54) is 30.0 Å². The number of hydrogen-bond donors (Lipinski definition) is 1. The number of aryl methyl sites for hydroxylation is 1. The van der Waals surface area contributed by atoms with Gasteiger partial charge in [-0.05, 0) is 25.1 Å². The molecule has 4 rings (SSSR count). The van der Waals surface area contributed by atoms with E-state index in [1.807, 2.05) is 31.2 Å². The van der Waals surface area contributed by atoms with Gasteiger partial charge in [0.15, 0.2) is 5.16 Å². The van der Waals surface area contributed by atoms with E-state index >= 15 is 0 Å². The fourth-order valence-electron chi connectivity index (χ4n) is 2.66. The van der Waals surface area contributed by atoms with Crippen molar-refractivity contribution < 1.29 is 13.7 Å². The van der Waals surface area contributed by atoms with Gasteiger partial charge in [-0.25, -0.2) is 4.39 Å². The van der Waals surface area contributed by atoms with Crippen LogP contribution in [0.3, 0.4) is 0 Å². The molecule has 0 radical (unpaired) electrons. The van der Waals surface area contributed by atoms with Crippen LogP contribution in [0.5, 0.6) is 0 Å². The molecule has 8 nitrogen and oxygen atoms in total. The highest BCUT2D eigenvalue weighted by molar-refractivity contribution is 7.99. The molecule has 4 aromatic rings. The van der Waals surface area contributed by atoms with E-state index in [-0.39, 0.29) is 22.6 Å². The summed E-state index contributed by atoms with van der Waals surface area (Å²) in [6.07, 6.45) is 0. The van der Waals surface area contributed by atoms with E-state index in [0.717, 1.165) is 11.1 Å². The molecule has 158 valence electrons. The Morgan fingerprint density at radius 1 is 1.23 bits per heavy atom. The van der Waals surface area contributed by atoms with Gasteiger partial charge in [-0.1, -0.05) is 58.3 Å². The van der Waals surface area contributed by atoms with Crippen LogP contribution in [0.2, 0.25) is 5.02 Å². The molecule has 2 aromatic carbocycles. The van der Waals surface area contributed by atoms with E-state index < -0.39 is 5.82 Å². The summed E-state index contributed by atoms with van der Waals surface area (Å²) in [6, 6.07) is 11.7. The summed E-state index contributed by atoms with van der Waals surface area (Å²) < 4.78 is 20.2. The lowest BCUT2D eigenvalue weighted by Crippen LogP contribution is -2.14. The number of carbonyl (C=O) groups is 1. The average Bonchev–Trinajstić information content (AvgIpc) is 3.36. The first kappa shape index (κ1) is 21.0. The monoisotopic (exact) mass is 458 g/mol. The van der Waals surface area contributed by atoms with Crippen LogP contribution in [0.25, 0.3) is 23.1 Å². The predicted octanol–water partition coefficient (Wildman–Crippen LogP) is 4.36. The van der Waals surface area contributed by atoms with Crippen LogP contribution in [-0.4, -0.2) is 36.6 Å². The van der Waals surface area contributed by atoms with Crippen molar-refractivity contribution in [3.63, 3.8) is 0 Å². The minimum absolute atomic E-state index is 0.0621. The van der Waals surface area contributed by atoms with Crippen molar-refractivity contribution in [3.8, 4) is 23.1 Å². The number of aromatic nitrogens is 5. The van der Waals surface area contributed by atoms with Crippen molar-refractivity contribution in [1.29, 1.82) is 0 Å². The summed E-state index contributed by atoms with van der Waals surface area (Å²) in [5, 5.41) is 15.3. The lowest BCUT2D eigenvalue weighted by molar-refractivity contribution is -0.113. The maximum absolute atomic E-state index is 13.2. The van der Waals surface area contributed by atoms with Gasteiger partial charge in [-0.15, -0.1) is 10.2 Å². The molecule has 11 heteroatoms. The van der Waals surface area contributed by atoms with Crippen molar-refractivity contribution >= 4 is 35.0 Å². The Labute approximate surface area is 185 Å². The highest BCUT2D eigenvalue weighted by atomic mass is 35.5. The molecule has 2 heterocycles. The molecular formula is C20H16ClFN6O2S. The number of hydrogen-bond acceptors (Lipinski definition) is 7. The summed E-state index contributed by atoms with van der Waals surface area (Å²) >= 11 is 6.91. The molecule has 31 heavy (non-hydrogen) atoms. The van der Waals surface area contributed by atoms with Crippen molar-refractivity contribution in [3.05, 3.63) is 58.9 Å². The molecule has 0 spiro atoms. The van der Waals surface area contributed by atoms with Crippen molar-refractivity contribution in [2.45, 2.75) is 12.1 Å². The number of rotatable bonds is 6. The molecule has 0 aliphatic carbocycles. The second-order valence-corrected chi connectivity index (χ2v) is 7.97. The lowest BCUT2D eigenvalue weighted by Gasteiger charge is -2.06. The number of benzene rings is 2. The zero-order chi connectivity index (χ0) is 22.0. The van der Waals surface area contributed by atoms with Gasteiger partial charge in [0, 0.05) is 18.3 Å². The summed E-state index contributed by atoms with van der Waals surface area (Å²) in [5.41, 5.74) is 2.37. The Morgan fingerprint density at radius 2 is 2.00 bits per heavy atom. The Hall–Kier alpha value is -3.24. The number of halogens is 2. The standard InChI is InChI=1S/C20H16ClFN6O2S/c1-11-3-5-12(6-4-11)17-24-19(30-27-17)18-25-26-20(28(18)2)31-10-16(29)23-13-7-8-15(22)14(21)9-13/h3-9H,10H2,1-2H3,(H,23,29). The third-order valence-electron chi connectivity index (χ3n) is 4.30. The molecule has 2 aromatic heterocycles. The second kappa shape index (κ2) is 8.86. The van der Waals surface area contributed by atoms with Gasteiger partial charge in [0.05, 0.1) is 10.8 Å². The van der Waals surface area contributed by atoms with E-state index in [4.69, 9.17) is 16.1 Å². The molecule has 0 saturated heterocycles. The summed E-state index contributed by atoms with van der Waals surface area (Å²) in [6.45, 7) is 2.00. The molecule has 1 amide bonds. The summed E-state index contributed by atoms with van der Waals surface area (Å²) in [5.74, 6) is 0.287. The molecular weight excluding hydrogens is 443 g/mol. The van der Waals surface area contributed by atoms with Gasteiger partial charge in [0.2, 0.25) is 17.6 Å². The van der Waals surface area contributed by atoms with Crippen molar-refractivity contribution in [2.75, 3.05) is 11.1 Å². The molecule has 0 unspecified atom stereocenters. The number of thioether (sulfide) groups is 1. The van der Waals surface area contributed by atoms with Gasteiger partial charge in [-0.2, -0.15) is 4.98 Å². The Kier molecular flexibility index (Phi) is 6.01. The van der Waals surface area contributed by atoms with Crippen LogP contribution >= 0.6 is 23.4 Å². The normalized spacial score (nSPS) is 11.0. The third kappa shape index (κ3) is 4.75. The van der Waals surface area contributed by atoms with E-state index in [1.54, 1.807) is 11.6 Å². The SMILES string of the molecule is Cc1ccc(-c2noc(-c3nnc(SCC(=O)Nc4ccc(F)c(Cl)c4)n3C)n2)cc1. The van der Waals surface area contributed by atoms with Crippen LogP contribution in [-0.2, 0) is 11.8 Å². The highest BCUT2D eigenvalue weighted by Crippen LogP contribution is 2.25. The summed E-state index contributed by atoms with van der Waals surface area (Å²) in [7, 11) is 1.74. The Morgan fingerprint density at radius 3 is 2.74 bits per heavy atom. The zero-order valence-electron chi connectivity index (χ0n) is 16.5. The molecule has 0 aliphatic heterocycles. The number of anilines is 1. The van der Waals surface area contributed by atoms with Crippen molar-refractivity contribution in [1.82, 2.24) is 24.9 Å². The van der Waals surface area contributed by atoms with E-state index in [9.17, 15) is 9.18 Å². The number of carbonyl (C=O) groups excluding carboxylic acids is 1. The van der Waals surface area contributed by atoms with Crippen molar-refractivity contribution in [2.24, 2.45) is 7.05 Å². The van der Waals surface area contributed by atoms with Gasteiger partial charge >= 0.3 is 0 Å². The van der Waals surface area contributed by atoms with E-state index in [2.05, 4.69) is 25.7 Å². The predicted molar refractivity (Wildman–Crippen MR) is 115 cm³/mol. The smallest absolute Gasteiger partial charge is 0.296 e. The molecule has 0 bridgehead atoms. The molecule has 0 aliphatic rings. The van der Waals surface area contributed by atoms with Crippen LogP contribution < -0.4 is 5.32 Å². The maximum atomic E-state index is 13.2. The minimum Gasteiger partial charge on any atom is -0.330 e. The number of nitrogens with zero attached hydrogens (tertiary/aromatic N) is 5. The molecule has 0 atom stereocenters. The number of nitrogens with one attached hydrogen (secondary N) is 1. The van der Waals surface area contributed by atoms with Crippen LogP contribution in [0.4, 0.5) is 10.1 Å². The maximum Gasteiger partial charge on any atom is 0.296 e. The van der Waals surface area contributed by atoms with Gasteiger partial charge < -0.3 is 14.4 Å². The fourth-order valence-corrected chi connectivity index (χ4v) is 3.55. The van der Waals surface area contributed by atoms with Gasteiger partial charge in [-0.3, -0.25) is 4.79 Å².